The molecule has 0 unspecified atom stereocenters. The van der Waals surface area contributed by atoms with Crippen molar-refractivity contribution in [3.8, 4) is 0 Å². The van der Waals surface area contributed by atoms with E-state index in [1.807, 2.05) is 60.7 Å². The Morgan fingerprint density at radius 2 is 1.34 bits per heavy atom. The summed E-state index contributed by atoms with van der Waals surface area (Å²) in [6.45, 7) is 1.53. The van der Waals surface area contributed by atoms with Crippen LogP contribution in [0.4, 0.5) is 11.4 Å². The number of sulfonamides is 1. The monoisotopic (exact) mass is 484 g/mol. The molecule has 176 valence electrons. The number of nitrogens with zero attached hydrogens (tertiary/aromatic N) is 1. The van der Waals surface area contributed by atoms with Crippen molar-refractivity contribution >= 4 is 33.1 Å². The molecule has 0 aromatic heterocycles. The van der Waals surface area contributed by atoms with Crippen molar-refractivity contribution in [1.29, 1.82) is 0 Å². The average Bonchev–Trinajstić information content (AvgIpc) is 3.40. The molecule has 0 atom stereocenters. The molecule has 7 heteroatoms. The topological polar surface area (TPSA) is 83.6 Å². The Labute approximate surface area is 205 Å². The molecule has 3 aromatic rings. The molecular weight excluding hydrogens is 460 g/mol. The van der Waals surface area contributed by atoms with E-state index in [-0.39, 0.29) is 28.8 Å². The number of para-hydroxylation sites is 2. The summed E-state index contributed by atoms with van der Waals surface area (Å²) < 4.78 is 28.4. The molecule has 6 nitrogen and oxygen atoms in total. The van der Waals surface area contributed by atoms with Crippen LogP contribution in [-0.4, -0.2) is 20.1 Å². The number of amides is 1. The highest BCUT2D eigenvalue weighted by atomic mass is 32.2. The fourth-order valence-corrected chi connectivity index (χ4v) is 5.30. The predicted molar refractivity (Wildman–Crippen MR) is 137 cm³/mol. The van der Waals surface area contributed by atoms with Gasteiger partial charge in [-0.2, -0.15) is 0 Å². The van der Waals surface area contributed by atoms with Gasteiger partial charge in [-0.3, -0.25) is 13.9 Å². The van der Waals surface area contributed by atoms with Crippen LogP contribution in [0.25, 0.3) is 0 Å². The highest BCUT2D eigenvalue weighted by Gasteiger charge is 2.28. The van der Waals surface area contributed by atoms with E-state index >= 15 is 0 Å². The molecule has 0 radical (unpaired) electrons. The summed E-state index contributed by atoms with van der Waals surface area (Å²) in [7, 11) is -3.91. The maximum absolute atomic E-state index is 13.5. The Bertz CT molecular complexity index is 1420. The number of anilines is 2. The van der Waals surface area contributed by atoms with Gasteiger partial charge in [-0.05, 0) is 29.8 Å². The summed E-state index contributed by atoms with van der Waals surface area (Å²) in [6.07, 6.45) is 7.38. The molecule has 1 amide bonds. The first-order chi connectivity index (χ1) is 16.9. The van der Waals surface area contributed by atoms with Crippen LogP contribution in [-0.2, 0) is 26.2 Å². The van der Waals surface area contributed by atoms with Gasteiger partial charge in [0.05, 0.1) is 17.9 Å². The Balaban J connectivity index is 0.000000301. The molecule has 0 heterocycles. The molecule has 5 rings (SSSR count). The molecule has 0 saturated carbocycles. The van der Waals surface area contributed by atoms with Gasteiger partial charge in [0.25, 0.3) is 10.0 Å². The number of rotatable bonds is 6. The molecule has 0 saturated heterocycles. The van der Waals surface area contributed by atoms with Crippen molar-refractivity contribution in [3.05, 3.63) is 126 Å². The third-order valence-corrected chi connectivity index (χ3v) is 7.22. The van der Waals surface area contributed by atoms with Crippen LogP contribution in [0, 0.1) is 0 Å². The van der Waals surface area contributed by atoms with Crippen LogP contribution in [0.1, 0.15) is 12.5 Å². The third-order valence-electron chi connectivity index (χ3n) is 5.39. The maximum Gasteiger partial charge on any atom is 0.266 e. The number of carbonyl (C=O) groups excluding carboxylic acids is 2. The molecule has 2 aliphatic rings. The van der Waals surface area contributed by atoms with Crippen molar-refractivity contribution in [2.75, 3.05) is 9.62 Å². The van der Waals surface area contributed by atoms with Gasteiger partial charge in [0.2, 0.25) is 5.91 Å². The molecule has 1 N–H and O–H groups in total. The Morgan fingerprint density at radius 3 is 1.86 bits per heavy atom. The highest BCUT2D eigenvalue weighted by molar-refractivity contribution is 7.93. The lowest BCUT2D eigenvalue weighted by Gasteiger charge is -2.26. The first kappa shape index (κ1) is 23.9. The number of nitrogens with one attached hydrogen (secondary N) is 1. The van der Waals surface area contributed by atoms with E-state index in [4.69, 9.17) is 0 Å². The number of fused-ring (bicyclic) bond motifs is 2. The number of hydrogen-bond acceptors (Lipinski definition) is 4. The number of carbonyl (C=O) groups is 2. The molecule has 2 aliphatic carbocycles. The van der Waals surface area contributed by atoms with Crippen LogP contribution >= 0.6 is 0 Å². The van der Waals surface area contributed by atoms with Crippen molar-refractivity contribution in [2.24, 2.45) is 0 Å². The zero-order valence-electron chi connectivity index (χ0n) is 19.1. The lowest BCUT2D eigenvalue weighted by Crippen LogP contribution is -2.31. The second kappa shape index (κ2) is 10.4. The number of allylic oxidation sites excluding steroid dienone is 6. The highest BCUT2D eigenvalue weighted by Crippen LogP contribution is 2.30. The minimum absolute atomic E-state index is 0.0555. The molecule has 2 bridgehead atoms. The van der Waals surface area contributed by atoms with Crippen molar-refractivity contribution < 1.29 is 18.0 Å². The number of Topliss-reactive ketones (excluding diaryl/α,β-unsaturated/α-hetero) is 1. The van der Waals surface area contributed by atoms with E-state index in [0.29, 0.717) is 5.69 Å². The fourth-order valence-electron chi connectivity index (χ4n) is 3.70. The molecule has 0 fully saturated rings. The number of benzene rings is 3. The molecule has 35 heavy (non-hydrogen) atoms. The van der Waals surface area contributed by atoms with Crippen molar-refractivity contribution in [1.82, 2.24) is 0 Å². The Hall–Kier alpha value is -4.23. The summed E-state index contributed by atoms with van der Waals surface area (Å²) >= 11 is 0. The van der Waals surface area contributed by atoms with Crippen LogP contribution < -0.4 is 9.62 Å². The van der Waals surface area contributed by atoms with Gasteiger partial charge < -0.3 is 5.32 Å². The molecule has 3 aromatic carbocycles. The predicted octanol–water partition coefficient (Wildman–Crippen LogP) is 5.03. The standard InChI is InChI=1S/C21H20N2O3S.C7H4O/c1-17(24)22-20-14-8-9-15-21(20)27(25,26)23(19-12-6-3-7-13-19)16-18-10-4-2-5-11-18;8-7-5-1-2-6(7)4-3-5/h2-15H,16H2,1H3,(H,22,24);1-4H. The second-order valence-electron chi connectivity index (χ2n) is 7.92. The minimum atomic E-state index is -3.91. The Kier molecular flexibility index (Phi) is 7.08. The van der Waals surface area contributed by atoms with Crippen LogP contribution in [0.5, 0.6) is 0 Å². The van der Waals surface area contributed by atoms with Gasteiger partial charge in [-0.25, -0.2) is 8.42 Å². The van der Waals surface area contributed by atoms with Crippen LogP contribution in [0.2, 0.25) is 0 Å². The van der Waals surface area contributed by atoms with E-state index in [2.05, 4.69) is 5.32 Å². The average molecular weight is 485 g/mol. The first-order valence-electron chi connectivity index (χ1n) is 11.0. The lowest BCUT2D eigenvalue weighted by molar-refractivity contribution is -0.114. The van der Waals surface area contributed by atoms with Crippen LogP contribution in [0.3, 0.4) is 0 Å². The number of hydrogen-bond donors (Lipinski definition) is 1. The first-order valence-corrected chi connectivity index (χ1v) is 12.4. The zero-order chi connectivity index (χ0) is 24.8. The SMILES string of the molecule is CC(=O)Nc1ccccc1S(=O)(=O)N(Cc1ccccc1)c1ccccc1.O=C1C2=CC=C1C=C2. The van der Waals surface area contributed by atoms with Crippen molar-refractivity contribution in [3.63, 3.8) is 0 Å². The van der Waals surface area contributed by atoms with Gasteiger partial charge >= 0.3 is 0 Å². The largest absolute Gasteiger partial charge is 0.325 e. The summed E-state index contributed by atoms with van der Waals surface area (Å²) in [5.74, 6) is -0.142. The second-order valence-corrected chi connectivity index (χ2v) is 9.75. The minimum Gasteiger partial charge on any atom is -0.325 e. The number of ketones is 1. The summed E-state index contributed by atoms with van der Waals surface area (Å²) in [5, 5.41) is 2.60. The van der Waals surface area contributed by atoms with E-state index in [9.17, 15) is 18.0 Å². The van der Waals surface area contributed by atoms with E-state index in [1.54, 1.807) is 42.5 Å². The van der Waals surface area contributed by atoms with Crippen molar-refractivity contribution in [2.45, 2.75) is 18.4 Å². The lowest BCUT2D eigenvalue weighted by atomic mass is 10.2. The maximum atomic E-state index is 13.5. The van der Waals surface area contributed by atoms with Crippen LogP contribution in [0.15, 0.2) is 125 Å². The molecule has 0 spiro atoms. The summed E-state index contributed by atoms with van der Waals surface area (Å²) in [6, 6.07) is 24.7. The van der Waals surface area contributed by atoms with Gasteiger partial charge in [-0.15, -0.1) is 0 Å². The Morgan fingerprint density at radius 1 is 0.800 bits per heavy atom. The fraction of sp³-hybridized carbons (Fsp3) is 0.0714. The normalized spacial score (nSPS) is 13.5. The van der Waals surface area contributed by atoms with E-state index in [1.165, 1.54) is 17.3 Å². The summed E-state index contributed by atoms with van der Waals surface area (Å²) in [4.78, 5) is 22.3. The van der Waals surface area contributed by atoms with Gasteiger partial charge in [0, 0.05) is 18.1 Å². The quantitative estimate of drug-likeness (QED) is 0.532. The smallest absolute Gasteiger partial charge is 0.266 e. The zero-order valence-corrected chi connectivity index (χ0v) is 19.9. The van der Waals surface area contributed by atoms with Gasteiger partial charge in [0.15, 0.2) is 5.78 Å². The third kappa shape index (κ3) is 5.47. The van der Waals surface area contributed by atoms with Gasteiger partial charge in [-0.1, -0.05) is 85.0 Å². The van der Waals surface area contributed by atoms with E-state index in [0.717, 1.165) is 16.7 Å². The summed E-state index contributed by atoms with van der Waals surface area (Å²) in [5.41, 5.74) is 3.35. The molecular formula is C28H24N2O4S. The van der Waals surface area contributed by atoms with E-state index < -0.39 is 10.0 Å². The van der Waals surface area contributed by atoms with Gasteiger partial charge in [0.1, 0.15) is 4.90 Å². The molecule has 0 aliphatic heterocycles.